The SMILES string of the molecule is CC(C)CC1NCN(CCCC(F)(F)F)C1=O. The summed E-state index contributed by atoms with van der Waals surface area (Å²) in [6.07, 6.45) is -4.25. The molecule has 100 valence electrons. The van der Waals surface area contributed by atoms with E-state index in [9.17, 15) is 18.0 Å². The first kappa shape index (κ1) is 14.3. The highest BCUT2D eigenvalue weighted by Gasteiger charge is 2.32. The van der Waals surface area contributed by atoms with E-state index in [1.165, 1.54) is 4.90 Å². The van der Waals surface area contributed by atoms with E-state index in [2.05, 4.69) is 5.32 Å². The molecular weight excluding hydrogens is 233 g/mol. The zero-order valence-corrected chi connectivity index (χ0v) is 10.2. The Hall–Kier alpha value is -0.780. The van der Waals surface area contributed by atoms with Crippen molar-refractivity contribution in [1.29, 1.82) is 0 Å². The molecule has 1 aliphatic heterocycles. The van der Waals surface area contributed by atoms with Crippen LogP contribution in [-0.2, 0) is 4.79 Å². The number of carbonyl (C=O) groups excluding carboxylic acids is 1. The third-order valence-corrected chi connectivity index (χ3v) is 2.73. The predicted octanol–water partition coefficient (Wildman–Crippen LogP) is 2.13. The molecule has 0 saturated carbocycles. The Morgan fingerprint density at radius 3 is 2.65 bits per heavy atom. The van der Waals surface area contributed by atoms with E-state index in [0.29, 0.717) is 12.6 Å². The first-order valence-corrected chi connectivity index (χ1v) is 5.88. The number of hydrogen-bond donors (Lipinski definition) is 1. The highest BCUT2D eigenvalue weighted by molar-refractivity contribution is 5.83. The van der Waals surface area contributed by atoms with Crippen LogP contribution < -0.4 is 5.32 Å². The summed E-state index contributed by atoms with van der Waals surface area (Å²) in [5.41, 5.74) is 0. The number of carbonyl (C=O) groups is 1. The van der Waals surface area contributed by atoms with Gasteiger partial charge in [-0.25, -0.2) is 0 Å². The molecule has 1 fully saturated rings. The van der Waals surface area contributed by atoms with Gasteiger partial charge in [0.15, 0.2) is 0 Å². The second-order valence-electron chi connectivity index (χ2n) is 4.86. The number of rotatable bonds is 5. The lowest BCUT2D eigenvalue weighted by atomic mass is 10.0. The molecule has 0 aromatic rings. The molecule has 17 heavy (non-hydrogen) atoms. The van der Waals surface area contributed by atoms with Crippen molar-refractivity contribution >= 4 is 5.91 Å². The van der Waals surface area contributed by atoms with Gasteiger partial charge in [0.25, 0.3) is 0 Å². The molecule has 1 aliphatic rings. The predicted molar refractivity (Wildman–Crippen MR) is 58.2 cm³/mol. The topological polar surface area (TPSA) is 32.3 Å². The summed E-state index contributed by atoms with van der Waals surface area (Å²) in [6, 6.07) is -0.221. The molecule has 0 spiro atoms. The molecule has 3 nitrogen and oxygen atoms in total. The Morgan fingerprint density at radius 1 is 1.47 bits per heavy atom. The zero-order chi connectivity index (χ0) is 13.1. The summed E-state index contributed by atoms with van der Waals surface area (Å²) < 4.78 is 35.9. The van der Waals surface area contributed by atoms with Gasteiger partial charge < -0.3 is 4.90 Å². The molecule has 1 amide bonds. The second-order valence-corrected chi connectivity index (χ2v) is 4.86. The quantitative estimate of drug-likeness (QED) is 0.813. The Morgan fingerprint density at radius 2 is 2.12 bits per heavy atom. The highest BCUT2D eigenvalue weighted by atomic mass is 19.4. The van der Waals surface area contributed by atoms with Crippen molar-refractivity contribution in [2.45, 2.75) is 45.3 Å². The smallest absolute Gasteiger partial charge is 0.329 e. The van der Waals surface area contributed by atoms with Crippen LogP contribution in [0.5, 0.6) is 0 Å². The highest BCUT2D eigenvalue weighted by Crippen LogP contribution is 2.22. The van der Waals surface area contributed by atoms with E-state index >= 15 is 0 Å². The zero-order valence-electron chi connectivity index (χ0n) is 10.2. The van der Waals surface area contributed by atoms with Crippen LogP contribution in [0.15, 0.2) is 0 Å². The van der Waals surface area contributed by atoms with E-state index < -0.39 is 12.6 Å². The summed E-state index contributed by atoms with van der Waals surface area (Å²) in [5, 5.41) is 3.03. The number of alkyl halides is 3. The van der Waals surface area contributed by atoms with E-state index in [-0.39, 0.29) is 24.9 Å². The van der Waals surface area contributed by atoms with Crippen molar-refractivity contribution in [3.63, 3.8) is 0 Å². The van der Waals surface area contributed by atoms with Gasteiger partial charge in [0.2, 0.25) is 5.91 Å². The molecule has 1 rings (SSSR count). The Kier molecular flexibility index (Phi) is 4.80. The fourth-order valence-corrected chi connectivity index (χ4v) is 1.92. The van der Waals surface area contributed by atoms with Crippen LogP contribution in [0, 0.1) is 5.92 Å². The van der Waals surface area contributed by atoms with E-state index in [4.69, 9.17) is 0 Å². The average Bonchev–Trinajstić information content (AvgIpc) is 2.47. The lowest BCUT2D eigenvalue weighted by Crippen LogP contribution is -2.32. The molecule has 6 heteroatoms. The second kappa shape index (κ2) is 5.71. The number of nitrogens with one attached hydrogen (secondary N) is 1. The van der Waals surface area contributed by atoms with Gasteiger partial charge in [-0.1, -0.05) is 13.8 Å². The summed E-state index contributed by atoms with van der Waals surface area (Å²) in [5.74, 6) is 0.326. The number of halogens is 3. The van der Waals surface area contributed by atoms with Crippen molar-refractivity contribution in [3.05, 3.63) is 0 Å². The number of hydrogen-bond acceptors (Lipinski definition) is 2. The third-order valence-electron chi connectivity index (χ3n) is 2.73. The standard InChI is InChI=1S/C11H19F3N2O/c1-8(2)6-9-10(17)16(7-15-9)5-3-4-11(12,13)14/h8-9,15H,3-7H2,1-2H3. The molecule has 1 atom stereocenters. The minimum Gasteiger partial charge on any atom is -0.329 e. The van der Waals surface area contributed by atoms with Crippen molar-refractivity contribution < 1.29 is 18.0 Å². The van der Waals surface area contributed by atoms with Gasteiger partial charge in [0, 0.05) is 13.0 Å². The van der Waals surface area contributed by atoms with Crippen molar-refractivity contribution in [1.82, 2.24) is 10.2 Å². The summed E-state index contributed by atoms with van der Waals surface area (Å²) >= 11 is 0. The van der Waals surface area contributed by atoms with Crippen LogP contribution in [0.3, 0.4) is 0 Å². The van der Waals surface area contributed by atoms with E-state index in [1.54, 1.807) is 0 Å². The molecule has 0 bridgehead atoms. The Bertz CT molecular complexity index is 266. The normalized spacial score (nSPS) is 21.6. The maximum Gasteiger partial charge on any atom is 0.389 e. The third kappa shape index (κ3) is 4.93. The fourth-order valence-electron chi connectivity index (χ4n) is 1.92. The molecule has 1 heterocycles. The number of amides is 1. The summed E-state index contributed by atoms with van der Waals surface area (Å²) in [6.45, 7) is 4.58. The van der Waals surface area contributed by atoms with Gasteiger partial charge in [0.1, 0.15) is 0 Å². The summed E-state index contributed by atoms with van der Waals surface area (Å²) in [7, 11) is 0. The molecule has 0 aliphatic carbocycles. The Labute approximate surface area is 99.4 Å². The lowest BCUT2D eigenvalue weighted by Gasteiger charge is -2.16. The van der Waals surface area contributed by atoms with Gasteiger partial charge in [-0.2, -0.15) is 13.2 Å². The van der Waals surface area contributed by atoms with Crippen LogP contribution in [0.1, 0.15) is 33.1 Å². The minimum atomic E-state index is -4.13. The average molecular weight is 252 g/mol. The molecule has 1 N–H and O–H groups in total. The first-order chi connectivity index (χ1) is 7.79. The van der Waals surface area contributed by atoms with Gasteiger partial charge in [-0.15, -0.1) is 0 Å². The molecular formula is C11H19F3N2O. The molecule has 1 saturated heterocycles. The van der Waals surface area contributed by atoms with Crippen LogP contribution in [0.25, 0.3) is 0 Å². The monoisotopic (exact) mass is 252 g/mol. The van der Waals surface area contributed by atoms with Gasteiger partial charge in [-0.3, -0.25) is 10.1 Å². The first-order valence-electron chi connectivity index (χ1n) is 5.88. The van der Waals surface area contributed by atoms with Gasteiger partial charge >= 0.3 is 6.18 Å². The maximum absolute atomic E-state index is 12.0. The Balaban J connectivity index is 2.30. The maximum atomic E-state index is 12.0. The molecule has 1 unspecified atom stereocenters. The van der Waals surface area contributed by atoms with Gasteiger partial charge in [-0.05, 0) is 18.8 Å². The lowest BCUT2D eigenvalue weighted by molar-refractivity contribution is -0.139. The van der Waals surface area contributed by atoms with Crippen LogP contribution in [0.2, 0.25) is 0 Å². The molecule has 0 radical (unpaired) electrons. The summed E-state index contributed by atoms with van der Waals surface area (Å²) in [4.78, 5) is 13.2. The largest absolute Gasteiger partial charge is 0.389 e. The van der Waals surface area contributed by atoms with Crippen molar-refractivity contribution in [2.24, 2.45) is 5.92 Å². The molecule has 0 aromatic heterocycles. The van der Waals surface area contributed by atoms with Crippen LogP contribution >= 0.6 is 0 Å². The van der Waals surface area contributed by atoms with Crippen LogP contribution in [-0.4, -0.2) is 36.2 Å². The van der Waals surface area contributed by atoms with Crippen molar-refractivity contribution in [3.8, 4) is 0 Å². The minimum absolute atomic E-state index is 0.0225. The van der Waals surface area contributed by atoms with E-state index in [1.807, 2.05) is 13.8 Å². The number of nitrogens with zero attached hydrogens (tertiary/aromatic N) is 1. The fraction of sp³-hybridized carbons (Fsp3) is 0.909. The van der Waals surface area contributed by atoms with Gasteiger partial charge in [0.05, 0.1) is 12.7 Å². The van der Waals surface area contributed by atoms with Crippen molar-refractivity contribution in [2.75, 3.05) is 13.2 Å². The molecule has 0 aromatic carbocycles. The van der Waals surface area contributed by atoms with Crippen LogP contribution in [0.4, 0.5) is 13.2 Å². The van der Waals surface area contributed by atoms with E-state index in [0.717, 1.165) is 6.42 Å².